The number of carbonyl (C=O) groups is 2. The van der Waals surface area contributed by atoms with Gasteiger partial charge in [-0.2, -0.15) is 0 Å². The standard InChI is InChI=1S/C14H10INO3/c15-11-2-1-3-12(8-11)16-13(17)9-4-6-10(7-5-9)14(18)19/h1-8H,(H,16,17)(H,18,19). The summed E-state index contributed by atoms with van der Waals surface area (Å²) in [7, 11) is 0. The van der Waals surface area contributed by atoms with Gasteiger partial charge < -0.3 is 10.4 Å². The molecule has 2 N–H and O–H groups in total. The SMILES string of the molecule is O=C(O)c1ccc(C(=O)Nc2cccc(I)c2)cc1. The van der Waals surface area contributed by atoms with E-state index in [0.717, 1.165) is 3.57 Å². The van der Waals surface area contributed by atoms with E-state index >= 15 is 0 Å². The molecular formula is C14H10INO3. The van der Waals surface area contributed by atoms with Crippen LogP contribution in [0.2, 0.25) is 0 Å². The van der Waals surface area contributed by atoms with Gasteiger partial charge in [-0.25, -0.2) is 4.79 Å². The highest BCUT2D eigenvalue weighted by atomic mass is 127. The predicted octanol–water partition coefficient (Wildman–Crippen LogP) is 3.24. The molecule has 0 atom stereocenters. The summed E-state index contributed by atoms with van der Waals surface area (Å²) in [6.45, 7) is 0. The van der Waals surface area contributed by atoms with Crippen molar-refractivity contribution < 1.29 is 14.7 Å². The number of anilines is 1. The molecule has 0 unspecified atom stereocenters. The fraction of sp³-hybridized carbons (Fsp3) is 0. The third-order valence-electron chi connectivity index (χ3n) is 2.48. The van der Waals surface area contributed by atoms with Crippen LogP contribution < -0.4 is 5.32 Å². The Bertz CT molecular complexity index is 623. The van der Waals surface area contributed by atoms with Crippen molar-refractivity contribution in [2.24, 2.45) is 0 Å². The zero-order chi connectivity index (χ0) is 13.8. The normalized spacial score (nSPS) is 9.95. The van der Waals surface area contributed by atoms with Crippen molar-refractivity contribution in [1.82, 2.24) is 0 Å². The Kier molecular flexibility index (Phi) is 4.16. The summed E-state index contributed by atoms with van der Waals surface area (Å²) in [5.41, 5.74) is 1.29. The number of nitrogens with one attached hydrogen (secondary N) is 1. The first kappa shape index (κ1) is 13.5. The first-order chi connectivity index (χ1) is 9.06. The van der Waals surface area contributed by atoms with Gasteiger partial charge in [0.1, 0.15) is 0 Å². The summed E-state index contributed by atoms with van der Waals surface area (Å²) in [5.74, 6) is -1.27. The van der Waals surface area contributed by atoms with E-state index in [0.29, 0.717) is 11.3 Å². The number of carboxylic acid groups (broad SMARTS) is 1. The minimum atomic E-state index is -1.01. The van der Waals surface area contributed by atoms with Crippen molar-refractivity contribution in [3.05, 3.63) is 63.2 Å². The van der Waals surface area contributed by atoms with Gasteiger partial charge in [0.05, 0.1) is 5.56 Å². The maximum absolute atomic E-state index is 11.9. The Morgan fingerprint density at radius 3 is 2.21 bits per heavy atom. The van der Waals surface area contributed by atoms with Crippen LogP contribution in [0.5, 0.6) is 0 Å². The lowest BCUT2D eigenvalue weighted by atomic mass is 10.1. The van der Waals surface area contributed by atoms with Crippen LogP contribution in [0.15, 0.2) is 48.5 Å². The Hall–Kier alpha value is -1.89. The van der Waals surface area contributed by atoms with Gasteiger partial charge >= 0.3 is 5.97 Å². The topological polar surface area (TPSA) is 66.4 Å². The quantitative estimate of drug-likeness (QED) is 0.819. The van der Waals surface area contributed by atoms with E-state index < -0.39 is 5.97 Å². The Morgan fingerprint density at radius 1 is 1.00 bits per heavy atom. The van der Waals surface area contributed by atoms with Crippen LogP contribution in [0.4, 0.5) is 5.69 Å². The summed E-state index contributed by atoms with van der Waals surface area (Å²) in [6.07, 6.45) is 0. The average Bonchev–Trinajstić information content (AvgIpc) is 2.39. The molecule has 0 heterocycles. The number of hydrogen-bond donors (Lipinski definition) is 2. The van der Waals surface area contributed by atoms with Crippen LogP contribution >= 0.6 is 22.6 Å². The summed E-state index contributed by atoms with van der Waals surface area (Å²) in [6, 6.07) is 13.2. The molecule has 0 saturated carbocycles. The molecule has 0 spiro atoms. The molecule has 0 saturated heterocycles. The summed E-state index contributed by atoms with van der Waals surface area (Å²) >= 11 is 2.16. The highest BCUT2D eigenvalue weighted by Crippen LogP contribution is 2.14. The van der Waals surface area contributed by atoms with Crippen LogP contribution in [0.1, 0.15) is 20.7 Å². The fourth-order valence-electron chi connectivity index (χ4n) is 1.53. The van der Waals surface area contributed by atoms with E-state index in [1.54, 1.807) is 6.07 Å². The lowest BCUT2D eigenvalue weighted by molar-refractivity contribution is 0.0696. The summed E-state index contributed by atoms with van der Waals surface area (Å²) in [4.78, 5) is 22.7. The zero-order valence-electron chi connectivity index (χ0n) is 9.76. The highest BCUT2D eigenvalue weighted by Gasteiger charge is 2.08. The average molecular weight is 367 g/mol. The first-order valence-electron chi connectivity index (χ1n) is 5.46. The first-order valence-corrected chi connectivity index (χ1v) is 6.54. The lowest BCUT2D eigenvalue weighted by Gasteiger charge is -2.05. The second kappa shape index (κ2) is 5.83. The van der Waals surface area contributed by atoms with Crippen molar-refractivity contribution in [2.45, 2.75) is 0 Å². The monoisotopic (exact) mass is 367 g/mol. The molecule has 0 aliphatic heterocycles. The van der Waals surface area contributed by atoms with Crippen LogP contribution in [-0.2, 0) is 0 Å². The summed E-state index contributed by atoms with van der Waals surface area (Å²) in [5, 5.41) is 11.5. The molecule has 2 aromatic rings. The van der Waals surface area contributed by atoms with E-state index in [2.05, 4.69) is 27.9 Å². The second-order valence-corrected chi connectivity index (χ2v) is 5.09. The number of carboxylic acids is 1. The van der Waals surface area contributed by atoms with Crippen molar-refractivity contribution in [3.8, 4) is 0 Å². The summed E-state index contributed by atoms with van der Waals surface area (Å²) < 4.78 is 1.02. The maximum Gasteiger partial charge on any atom is 0.335 e. The predicted molar refractivity (Wildman–Crippen MR) is 80.5 cm³/mol. The van der Waals surface area contributed by atoms with Crippen molar-refractivity contribution >= 4 is 40.2 Å². The number of amides is 1. The third-order valence-corrected chi connectivity index (χ3v) is 3.15. The number of aromatic carboxylic acids is 1. The molecule has 0 radical (unpaired) electrons. The van der Waals surface area contributed by atoms with Gasteiger partial charge in [0.25, 0.3) is 5.91 Å². The number of benzene rings is 2. The van der Waals surface area contributed by atoms with Gasteiger partial charge in [0.15, 0.2) is 0 Å². The molecule has 2 aromatic carbocycles. The molecule has 0 aliphatic carbocycles. The third kappa shape index (κ3) is 3.54. The molecule has 0 aromatic heterocycles. The molecule has 2 rings (SSSR count). The molecular weight excluding hydrogens is 357 g/mol. The molecule has 0 bridgehead atoms. The smallest absolute Gasteiger partial charge is 0.335 e. The molecule has 0 aliphatic rings. The van der Waals surface area contributed by atoms with Crippen LogP contribution in [-0.4, -0.2) is 17.0 Å². The van der Waals surface area contributed by atoms with Gasteiger partial charge in [0, 0.05) is 14.8 Å². The van der Waals surface area contributed by atoms with Gasteiger partial charge in [-0.15, -0.1) is 0 Å². The fourth-order valence-corrected chi connectivity index (χ4v) is 2.08. The van der Waals surface area contributed by atoms with E-state index in [1.165, 1.54) is 24.3 Å². The number of halogens is 1. The van der Waals surface area contributed by atoms with Gasteiger partial charge in [0.2, 0.25) is 0 Å². The lowest BCUT2D eigenvalue weighted by Crippen LogP contribution is -2.12. The molecule has 0 fully saturated rings. The number of rotatable bonds is 3. The highest BCUT2D eigenvalue weighted by molar-refractivity contribution is 14.1. The Morgan fingerprint density at radius 2 is 1.63 bits per heavy atom. The van der Waals surface area contributed by atoms with Crippen LogP contribution in [0.3, 0.4) is 0 Å². The molecule has 4 nitrogen and oxygen atoms in total. The molecule has 19 heavy (non-hydrogen) atoms. The molecule has 96 valence electrons. The Balaban J connectivity index is 2.14. The second-order valence-electron chi connectivity index (χ2n) is 3.85. The minimum absolute atomic E-state index is 0.158. The van der Waals surface area contributed by atoms with E-state index in [9.17, 15) is 9.59 Å². The zero-order valence-corrected chi connectivity index (χ0v) is 11.9. The van der Waals surface area contributed by atoms with Gasteiger partial charge in [-0.1, -0.05) is 6.07 Å². The maximum atomic E-state index is 11.9. The van der Waals surface area contributed by atoms with Crippen LogP contribution in [0, 0.1) is 3.57 Å². The van der Waals surface area contributed by atoms with E-state index in [-0.39, 0.29) is 11.5 Å². The van der Waals surface area contributed by atoms with Gasteiger partial charge in [-0.3, -0.25) is 4.79 Å². The Labute approximate surface area is 123 Å². The number of hydrogen-bond acceptors (Lipinski definition) is 2. The van der Waals surface area contributed by atoms with Crippen molar-refractivity contribution in [1.29, 1.82) is 0 Å². The minimum Gasteiger partial charge on any atom is -0.478 e. The number of carbonyl (C=O) groups excluding carboxylic acids is 1. The van der Waals surface area contributed by atoms with E-state index in [4.69, 9.17) is 5.11 Å². The van der Waals surface area contributed by atoms with Crippen LogP contribution in [0.25, 0.3) is 0 Å². The molecule has 5 heteroatoms. The largest absolute Gasteiger partial charge is 0.478 e. The van der Waals surface area contributed by atoms with E-state index in [1.807, 2.05) is 18.2 Å². The van der Waals surface area contributed by atoms with Crippen molar-refractivity contribution in [2.75, 3.05) is 5.32 Å². The molecule has 1 amide bonds. The van der Waals surface area contributed by atoms with Gasteiger partial charge in [-0.05, 0) is 65.1 Å². The van der Waals surface area contributed by atoms with Crippen molar-refractivity contribution in [3.63, 3.8) is 0 Å².